The van der Waals surface area contributed by atoms with Gasteiger partial charge in [0.15, 0.2) is 11.4 Å². The number of anilines is 1. The maximum atomic E-state index is 14.1. The van der Waals surface area contributed by atoms with Gasteiger partial charge in [-0.1, -0.05) is 55.5 Å². The largest absolute Gasteiger partial charge is 0.443 e. The van der Waals surface area contributed by atoms with E-state index < -0.39 is 40.7 Å². The number of nitrogens with one attached hydrogen (secondary N) is 2. The monoisotopic (exact) mass is 672 g/mol. The summed E-state index contributed by atoms with van der Waals surface area (Å²) in [5.41, 5.74) is 1.60. The number of carbonyl (C=O) groups is 1. The number of carbonyl (C=O) groups excluding carboxylic acids is 1. The number of nitrogens with zero attached hydrogens (tertiary/aromatic N) is 2. The van der Waals surface area contributed by atoms with Crippen molar-refractivity contribution in [3.8, 4) is 0 Å². The summed E-state index contributed by atoms with van der Waals surface area (Å²) in [6, 6.07) is 14.0. The van der Waals surface area contributed by atoms with Gasteiger partial charge in [-0.3, -0.25) is 0 Å². The van der Waals surface area contributed by atoms with E-state index in [0.717, 1.165) is 33.8 Å². The number of fused-ring (bicyclic) bond motifs is 2. The summed E-state index contributed by atoms with van der Waals surface area (Å²) in [4.78, 5) is 18.1. The Morgan fingerprint density at radius 3 is 2.67 bits per heavy atom. The van der Waals surface area contributed by atoms with Crippen LogP contribution in [0, 0.1) is 11.8 Å². The van der Waals surface area contributed by atoms with Gasteiger partial charge >= 0.3 is 6.09 Å². The van der Waals surface area contributed by atoms with Crippen LogP contribution in [0.3, 0.4) is 0 Å². The highest BCUT2D eigenvalue weighted by atomic mass is 32.2. The molecule has 4 fully saturated rings. The zero-order valence-electron chi connectivity index (χ0n) is 25.8. The highest BCUT2D eigenvalue weighted by Gasteiger charge is 2.58. The first-order valence-electron chi connectivity index (χ1n) is 15.9. The first-order chi connectivity index (χ1) is 22.1. The normalized spacial score (nSPS) is 26.8. The number of hydrogen-bond acceptors (Lipinski definition) is 11. The zero-order chi connectivity index (χ0) is 32.0. The SMILES string of the molecule is CC(C)CN(C[C@@H](O)[C@H](Cc1ccccc1)NC(=O)OC1C2COC3OCC1C3O2)S(=O)(=O)c1ccc2nc(NC3CC3)sc2c1. The molecule has 5 unspecified atom stereocenters. The number of thiazole rings is 1. The average Bonchev–Trinajstić information content (AvgIpc) is 3.48. The molecule has 0 radical (unpaired) electrons. The molecule has 7 atom stereocenters. The van der Waals surface area contributed by atoms with Crippen LogP contribution in [0.25, 0.3) is 10.2 Å². The molecule has 4 aliphatic rings. The van der Waals surface area contributed by atoms with Crippen molar-refractivity contribution < 1.29 is 37.3 Å². The number of aliphatic hydroxyl groups is 1. The molecule has 1 amide bonds. The number of sulfonamides is 1. The molecule has 1 aromatic heterocycles. The molecule has 3 saturated heterocycles. The van der Waals surface area contributed by atoms with Gasteiger partial charge < -0.3 is 34.7 Å². The molecule has 1 aliphatic carbocycles. The molecule has 0 spiro atoms. The molecule has 12 nitrogen and oxygen atoms in total. The van der Waals surface area contributed by atoms with E-state index in [0.29, 0.717) is 12.6 Å². The molecule has 4 heterocycles. The Morgan fingerprint density at radius 1 is 1.13 bits per heavy atom. The molecular weight excluding hydrogens is 633 g/mol. The van der Waals surface area contributed by atoms with Crippen molar-refractivity contribution in [3.63, 3.8) is 0 Å². The minimum atomic E-state index is -4.01. The van der Waals surface area contributed by atoms with E-state index >= 15 is 0 Å². The summed E-state index contributed by atoms with van der Waals surface area (Å²) in [5, 5.41) is 18.6. The maximum Gasteiger partial charge on any atom is 0.407 e. The average molecular weight is 673 g/mol. The summed E-state index contributed by atoms with van der Waals surface area (Å²) in [6.45, 7) is 4.44. The molecule has 1 saturated carbocycles. The highest BCUT2D eigenvalue weighted by molar-refractivity contribution is 7.89. The minimum absolute atomic E-state index is 0.0182. The van der Waals surface area contributed by atoms with Crippen LogP contribution in [0.4, 0.5) is 9.93 Å². The molecular formula is C32H40N4O8S2. The van der Waals surface area contributed by atoms with Crippen LogP contribution in [-0.2, 0) is 35.4 Å². The fourth-order valence-electron chi connectivity index (χ4n) is 6.38. The van der Waals surface area contributed by atoms with Gasteiger partial charge in [0.25, 0.3) is 0 Å². The second-order valence-electron chi connectivity index (χ2n) is 13.0. The fourth-order valence-corrected chi connectivity index (χ4v) is 9.09. The van der Waals surface area contributed by atoms with Gasteiger partial charge in [0.2, 0.25) is 10.0 Å². The molecule has 2 bridgehead atoms. The first-order valence-corrected chi connectivity index (χ1v) is 18.1. The van der Waals surface area contributed by atoms with Crippen molar-refractivity contribution in [2.45, 2.75) is 80.8 Å². The van der Waals surface area contributed by atoms with Gasteiger partial charge in [-0.2, -0.15) is 4.31 Å². The Hall–Kier alpha value is -2.85. The Labute approximate surface area is 272 Å². The van der Waals surface area contributed by atoms with Crippen molar-refractivity contribution in [1.29, 1.82) is 0 Å². The molecule has 3 aliphatic heterocycles. The van der Waals surface area contributed by atoms with Gasteiger partial charge in [0.1, 0.15) is 18.3 Å². The number of rotatable bonds is 13. The Bertz CT molecular complexity index is 1650. The number of hydrogen-bond donors (Lipinski definition) is 3. The number of amides is 1. The predicted molar refractivity (Wildman–Crippen MR) is 171 cm³/mol. The molecule has 14 heteroatoms. The van der Waals surface area contributed by atoms with Crippen molar-refractivity contribution >= 4 is 42.8 Å². The van der Waals surface area contributed by atoms with Crippen LogP contribution in [-0.4, -0.2) is 98.0 Å². The van der Waals surface area contributed by atoms with Gasteiger partial charge in [-0.05, 0) is 48.9 Å². The van der Waals surface area contributed by atoms with Crippen LogP contribution in [0.2, 0.25) is 0 Å². The number of aromatic nitrogens is 1. The predicted octanol–water partition coefficient (Wildman–Crippen LogP) is 3.35. The van der Waals surface area contributed by atoms with Gasteiger partial charge in [-0.15, -0.1) is 0 Å². The van der Waals surface area contributed by atoms with E-state index in [1.54, 1.807) is 18.2 Å². The highest BCUT2D eigenvalue weighted by Crippen LogP contribution is 2.41. The van der Waals surface area contributed by atoms with Crippen LogP contribution in [0.5, 0.6) is 0 Å². The van der Waals surface area contributed by atoms with Gasteiger partial charge in [0, 0.05) is 19.1 Å². The van der Waals surface area contributed by atoms with Crippen LogP contribution >= 0.6 is 11.3 Å². The third kappa shape index (κ3) is 6.75. The summed E-state index contributed by atoms with van der Waals surface area (Å²) in [7, 11) is -4.01. The van der Waals surface area contributed by atoms with Crippen molar-refractivity contribution in [2.75, 3.05) is 31.6 Å². The van der Waals surface area contributed by atoms with Crippen LogP contribution in [0.15, 0.2) is 53.4 Å². The Morgan fingerprint density at radius 2 is 1.91 bits per heavy atom. The fraction of sp³-hybridized carbons (Fsp3) is 0.562. The zero-order valence-corrected chi connectivity index (χ0v) is 27.4. The van der Waals surface area contributed by atoms with E-state index in [1.165, 1.54) is 15.6 Å². The lowest BCUT2D eigenvalue weighted by atomic mass is 9.99. The topological polar surface area (TPSA) is 149 Å². The van der Waals surface area contributed by atoms with Crippen molar-refractivity contribution in [3.05, 3.63) is 54.1 Å². The van der Waals surface area contributed by atoms with Crippen LogP contribution < -0.4 is 10.6 Å². The standard InChI is InChI=1S/C32H40N4O8S2/c1-18(2)14-36(46(39,40)21-10-11-23-27(13-21)45-31(34-23)33-20-8-9-20)15-25(37)24(12-19-6-4-3-5-7-19)35-32(38)44-28-22-16-41-30-29(22)43-26(28)17-42-30/h3-7,10-11,13,18,20,22,24-26,28-30,37H,8-9,12,14-17H2,1-2H3,(H,33,34)(H,35,38)/t22?,24-,25+,26?,28?,29?,30?/m0/s1. The second-order valence-corrected chi connectivity index (χ2v) is 16.0. The maximum absolute atomic E-state index is 14.1. The molecule has 3 aromatic rings. The third-order valence-electron chi connectivity index (χ3n) is 8.86. The number of ether oxygens (including phenoxy) is 4. The third-order valence-corrected chi connectivity index (χ3v) is 11.6. The Kier molecular flexibility index (Phi) is 8.96. The molecule has 248 valence electrons. The molecule has 3 N–H and O–H groups in total. The lowest BCUT2D eigenvalue weighted by molar-refractivity contribution is -0.231. The van der Waals surface area contributed by atoms with E-state index in [4.69, 9.17) is 18.9 Å². The molecule has 7 rings (SSSR count). The summed E-state index contributed by atoms with van der Waals surface area (Å²) in [6.07, 6.45) is -1.13. The smallest absolute Gasteiger partial charge is 0.407 e. The molecule has 2 aromatic carbocycles. The number of benzene rings is 2. The van der Waals surface area contributed by atoms with E-state index in [2.05, 4.69) is 15.6 Å². The van der Waals surface area contributed by atoms with Gasteiger partial charge in [-0.25, -0.2) is 18.2 Å². The lowest BCUT2D eigenvalue weighted by Crippen LogP contribution is -2.52. The summed E-state index contributed by atoms with van der Waals surface area (Å²) < 4.78 is 53.4. The quantitative estimate of drug-likeness (QED) is 0.247. The van der Waals surface area contributed by atoms with E-state index in [1.807, 2.05) is 44.2 Å². The van der Waals surface area contributed by atoms with Crippen LogP contribution in [0.1, 0.15) is 32.3 Å². The summed E-state index contributed by atoms with van der Waals surface area (Å²) in [5.74, 6) is -0.153. The van der Waals surface area contributed by atoms with Crippen molar-refractivity contribution in [2.24, 2.45) is 11.8 Å². The van der Waals surface area contributed by atoms with Crippen molar-refractivity contribution in [1.82, 2.24) is 14.6 Å². The Balaban J connectivity index is 1.09. The van der Waals surface area contributed by atoms with Gasteiger partial charge in [0.05, 0.1) is 46.4 Å². The number of alkyl carbamates (subject to hydrolysis) is 1. The minimum Gasteiger partial charge on any atom is -0.443 e. The first kappa shape index (κ1) is 31.7. The second kappa shape index (κ2) is 13.0. The number of aliphatic hydroxyl groups excluding tert-OH is 1. The van der Waals surface area contributed by atoms with E-state index in [-0.39, 0.29) is 55.1 Å². The summed E-state index contributed by atoms with van der Waals surface area (Å²) >= 11 is 1.43. The molecule has 46 heavy (non-hydrogen) atoms. The van der Waals surface area contributed by atoms with E-state index in [9.17, 15) is 18.3 Å². The lowest BCUT2D eigenvalue weighted by Gasteiger charge is -2.31.